The van der Waals surface area contributed by atoms with Crippen LogP contribution in [0.5, 0.6) is 5.75 Å². The maximum Gasteiger partial charge on any atom is 0.326 e. The van der Waals surface area contributed by atoms with Crippen molar-refractivity contribution in [2.75, 3.05) is 0 Å². The van der Waals surface area contributed by atoms with Gasteiger partial charge in [-0.1, -0.05) is 12.1 Å². The number of allylic oxidation sites excluding steroid dienone is 1. The Kier molecular flexibility index (Phi) is 6.13. The molecule has 0 aliphatic carbocycles. The largest absolute Gasteiger partial charge is 0.480 e. The molecule has 6 heteroatoms. The topological polar surface area (TPSA) is 92.7 Å². The number of rotatable bonds is 7. The first-order valence-electron chi connectivity index (χ1n) is 6.37. The van der Waals surface area contributed by atoms with Crippen molar-refractivity contribution in [3.63, 3.8) is 0 Å². The Morgan fingerprint density at radius 2 is 2.14 bits per heavy atom. The Morgan fingerprint density at radius 3 is 2.71 bits per heavy atom. The van der Waals surface area contributed by atoms with E-state index in [1.807, 2.05) is 0 Å². The molecular formula is C15H17NO5. The van der Waals surface area contributed by atoms with Crippen molar-refractivity contribution in [2.45, 2.75) is 25.8 Å². The summed E-state index contributed by atoms with van der Waals surface area (Å²) in [5.74, 6) is -1.92. The molecule has 6 nitrogen and oxygen atoms in total. The summed E-state index contributed by atoms with van der Waals surface area (Å²) < 4.78 is 4.87. The third-order valence-corrected chi connectivity index (χ3v) is 2.62. The molecule has 0 aliphatic heterocycles. The average molecular weight is 291 g/mol. The van der Waals surface area contributed by atoms with Crippen LogP contribution in [-0.4, -0.2) is 29.0 Å². The van der Waals surface area contributed by atoms with Crippen LogP contribution in [0.4, 0.5) is 0 Å². The predicted octanol–water partition coefficient (Wildman–Crippen LogP) is 1.76. The zero-order valence-electron chi connectivity index (χ0n) is 11.7. The van der Waals surface area contributed by atoms with Gasteiger partial charge in [-0.15, -0.1) is 6.58 Å². The number of amides is 1. The Balaban J connectivity index is 2.79. The summed E-state index contributed by atoms with van der Waals surface area (Å²) in [6.45, 7) is 4.77. The van der Waals surface area contributed by atoms with Gasteiger partial charge >= 0.3 is 11.9 Å². The second-order valence-electron chi connectivity index (χ2n) is 4.35. The summed E-state index contributed by atoms with van der Waals surface area (Å²) in [6, 6.07) is 4.97. The molecule has 1 amide bonds. The van der Waals surface area contributed by atoms with E-state index >= 15 is 0 Å². The number of esters is 1. The van der Waals surface area contributed by atoms with E-state index in [9.17, 15) is 14.4 Å². The fourth-order valence-corrected chi connectivity index (χ4v) is 1.65. The van der Waals surface area contributed by atoms with Crippen molar-refractivity contribution < 1.29 is 24.2 Å². The Bertz CT molecular complexity index is 553. The van der Waals surface area contributed by atoms with Gasteiger partial charge < -0.3 is 15.2 Å². The first-order valence-corrected chi connectivity index (χ1v) is 6.37. The van der Waals surface area contributed by atoms with E-state index in [0.717, 1.165) is 0 Å². The molecule has 0 saturated carbocycles. The molecule has 1 aromatic rings. The van der Waals surface area contributed by atoms with E-state index in [1.165, 1.54) is 25.1 Å². The molecule has 1 aromatic carbocycles. The molecule has 0 bridgehead atoms. The van der Waals surface area contributed by atoms with Crippen molar-refractivity contribution in [1.82, 2.24) is 5.32 Å². The maximum atomic E-state index is 12.0. The summed E-state index contributed by atoms with van der Waals surface area (Å²) >= 11 is 0. The quantitative estimate of drug-likeness (QED) is 0.453. The summed E-state index contributed by atoms with van der Waals surface area (Å²) in [4.78, 5) is 34.0. The molecule has 21 heavy (non-hydrogen) atoms. The molecule has 1 rings (SSSR count). The number of hydrogen-bond donors (Lipinski definition) is 2. The zero-order chi connectivity index (χ0) is 15.8. The van der Waals surface area contributed by atoms with E-state index < -0.39 is 23.9 Å². The molecule has 0 aliphatic rings. The molecule has 0 saturated heterocycles. The van der Waals surface area contributed by atoms with Gasteiger partial charge in [0.1, 0.15) is 11.8 Å². The molecule has 0 aromatic heterocycles. The van der Waals surface area contributed by atoms with Crippen LogP contribution in [0.3, 0.4) is 0 Å². The molecule has 2 N–H and O–H groups in total. The van der Waals surface area contributed by atoms with E-state index in [-0.39, 0.29) is 17.7 Å². The molecular weight excluding hydrogens is 274 g/mol. The minimum Gasteiger partial charge on any atom is -0.480 e. The third kappa shape index (κ3) is 5.48. The van der Waals surface area contributed by atoms with Crippen molar-refractivity contribution in [3.8, 4) is 5.75 Å². The van der Waals surface area contributed by atoms with Gasteiger partial charge in [-0.3, -0.25) is 9.59 Å². The lowest BCUT2D eigenvalue weighted by Crippen LogP contribution is -2.40. The van der Waals surface area contributed by atoms with E-state index in [1.54, 1.807) is 12.1 Å². The SMILES string of the molecule is C=CCC[C@H](NC(=O)c1cccc(OC(C)=O)c1)C(=O)O. The lowest BCUT2D eigenvalue weighted by molar-refractivity contribution is -0.139. The first-order chi connectivity index (χ1) is 9.93. The van der Waals surface area contributed by atoms with Crippen molar-refractivity contribution in [2.24, 2.45) is 0 Å². The van der Waals surface area contributed by atoms with Crippen LogP contribution in [0.25, 0.3) is 0 Å². The highest BCUT2D eigenvalue weighted by Gasteiger charge is 2.20. The van der Waals surface area contributed by atoms with Crippen molar-refractivity contribution in [3.05, 3.63) is 42.5 Å². The summed E-state index contributed by atoms with van der Waals surface area (Å²) in [6.07, 6.45) is 2.32. The van der Waals surface area contributed by atoms with Crippen LogP contribution in [0.15, 0.2) is 36.9 Å². The van der Waals surface area contributed by atoms with Gasteiger partial charge in [0.05, 0.1) is 0 Å². The minimum atomic E-state index is -1.11. The second kappa shape index (κ2) is 7.84. The normalized spacial score (nSPS) is 11.3. The molecule has 0 unspecified atom stereocenters. The highest BCUT2D eigenvalue weighted by atomic mass is 16.5. The Morgan fingerprint density at radius 1 is 1.43 bits per heavy atom. The number of carboxylic acid groups (broad SMARTS) is 1. The summed E-state index contributed by atoms with van der Waals surface area (Å²) in [7, 11) is 0. The van der Waals surface area contributed by atoms with Crippen LogP contribution >= 0.6 is 0 Å². The highest BCUT2D eigenvalue weighted by Crippen LogP contribution is 2.14. The lowest BCUT2D eigenvalue weighted by atomic mass is 10.1. The second-order valence-corrected chi connectivity index (χ2v) is 4.35. The number of aliphatic carboxylic acids is 1. The summed E-state index contributed by atoms with van der Waals surface area (Å²) in [5, 5.41) is 11.5. The lowest BCUT2D eigenvalue weighted by Gasteiger charge is -2.14. The van der Waals surface area contributed by atoms with Crippen LogP contribution in [0, 0.1) is 0 Å². The molecule has 0 radical (unpaired) electrons. The monoisotopic (exact) mass is 291 g/mol. The van der Waals surface area contributed by atoms with Gasteiger partial charge in [0.15, 0.2) is 0 Å². The number of carbonyl (C=O) groups excluding carboxylic acids is 2. The van der Waals surface area contributed by atoms with Gasteiger partial charge in [-0.25, -0.2) is 4.79 Å². The van der Waals surface area contributed by atoms with E-state index in [2.05, 4.69) is 11.9 Å². The first kappa shape index (κ1) is 16.4. The molecule has 0 fully saturated rings. The zero-order valence-corrected chi connectivity index (χ0v) is 11.7. The Hall–Kier alpha value is -2.63. The number of hydrogen-bond acceptors (Lipinski definition) is 4. The summed E-state index contributed by atoms with van der Waals surface area (Å²) in [5.41, 5.74) is 0.221. The third-order valence-electron chi connectivity index (χ3n) is 2.62. The highest BCUT2D eigenvalue weighted by molar-refractivity contribution is 5.97. The average Bonchev–Trinajstić information content (AvgIpc) is 2.42. The molecule has 0 spiro atoms. The number of ether oxygens (including phenoxy) is 1. The molecule has 112 valence electrons. The number of carboxylic acids is 1. The van der Waals surface area contributed by atoms with Gasteiger partial charge in [-0.05, 0) is 31.0 Å². The van der Waals surface area contributed by atoms with Gasteiger partial charge in [0, 0.05) is 12.5 Å². The van der Waals surface area contributed by atoms with Gasteiger partial charge in [-0.2, -0.15) is 0 Å². The van der Waals surface area contributed by atoms with Crippen molar-refractivity contribution in [1.29, 1.82) is 0 Å². The van der Waals surface area contributed by atoms with Crippen LogP contribution < -0.4 is 10.1 Å². The number of nitrogens with one attached hydrogen (secondary N) is 1. The Labute approximate surface area is 122 Å². The number of benzene rings is 1. The fourth-order valence-electron chi connectivity index (χ4n) is 1.65. The van der Waals surface area contributed by atoms with Crippen LogP contribution in [0.2, 0.25) is 0 Å². The van der Waals surface area contributed by atoms with Crippen molar-refractivity contribution >= 4 is 17.8 Å². The standard InChI is InChI=1S/C15H17NO5/c1-3-4-8-13(15(19)20)16-14(18)11-6-5-7-12(9-11)21-10(2)17/h3,5-7,9,13H,1,4,8H2,2H3,(H,16,18)(H,19,20)/t13-/m0/s1. The minimum absolute atomic E-state index is 0.221. The molecule has 1 atom stereocenters. The fraction of sp³-hybridized carbons (Fsp3) is 0.267. The predicted molar refractivity (Wildman–Crippen MR) is 76.1 cm³/mol. The van der Waals surface area contributed by atoms with E-state index in [0.29, 0.717) is 6.42 Å². The van der Waals surface area contributed by atoms with Gasteiger partial charge in [0.25, 0.3) is 5.91 Å². The van der Waals surface area contributed by atoms with E-state index in [4.69, 9.17) is 9.84 Å². The van der Waals surface area contributed by atoms with Crippen LogP contribution in [0.1, 0.15) is 30.1 Å². The molecule has 0 heterocycles. The van der Waals surface area contributed by atoms with Crippen LogP contribution in [-0.2, 0) is 9.59 Å². The number of carbonyl (C=O) groups is 3. The maximum absolute atomic E-state index is 12.0. The van der Waals surface area contributed by atoms with Gasteiger partial charge in [0.2, 0.25) is 0 Å². The smallest absolute Gasteiger partial charge is 0.326 e.